The van der Waals surface area contributed by atoms with E-state index in [0.29, 0.717) is 5.02 Å². The topological polar surface area (TPSA) is 62.5 Å². The van der Waals surface area contributed by atoms with Gasteiger partial charge in [-0.05, 0) is 17.4 Å². The molecule has 1 rings (SSSR count). The molecule has 4 nitrogen and oxygen atoms in total. The van der Waals surface area contributed by atoms with Crippen LogP contribution in [0.3, 0.4) is 0 Å². The number of aromatic nitrogens is 3. The Bertz CT molecular complexity index is 239. The van der Waals surface area contributed by atoms with Crippen LogP contribution >= 0.6 is 35.4 Å². The maximum Gasteiger partial charge on any atom is 0.173 e. The molecule has 0 fully saturated rings. The molecule has 0 aliphatic rings. The Morgan fingerprint density at radius 2 is 2.09 bits per heavy atom. The zero-order chi connectivity index (χ0) is 8.69. The van der Waals surface area contributed by atoms with Crippen LogP contribution in [0.25, 0.3) is 0 Å². The summed E-state index contributed by atoms with van der Waals surface area (Å²) < 4.78 is 0. The van der Waals surface area contributed by atoms with E-state index in [4.69, 9.17) is 28.6 Å². The average molecular weight is 209 g/mol. The summed E-state index contributed by atoms with van der Waals surface area (Å²) in [6.07, 6.45) is 1.33. The minimum absolute atomic E-state index is 0.182. The molecular formula is C4H2Cl2N4S. The van der Waals surface area contributed by atoms with E-state index >= 15 is 0 Å². The van der Waals surface area contributed by atoms with Crippen molar-refractivity contribution in [3.63, 3.8) is 0 Å². The summed E-state index contributed by atoms with van der Waals surface area (Å²) >= 11 is 14.6. The van der Waals surface area contributed by atoms with Crippen LogP contribution in [-0.2, 0) is 0 Å². The summed E-state index contributed by atoms with van der Waals surface area (Å²) in [5.74, 6) is 0. The maximum atomic E-state index is 5.77. The van der Waals surface area contributed by atoms with Crippen LogP contribution in [0.5, 0.6) is 0 Å². The van der Waals surface area contributed by atoms with Gasteiger partial charge in [-0.2, -0.15) is 0 Å². The van der Waals surface area contributed by atoms with Gasteiger partial charge in [-0.15, -0.1) is 10.2 Å². The molecule has 1 aromatic heterocycles. The standard InChI is InChI=1S/C3HCl2N3.CHNS/c4-2-1-6-8-7-3(2)5;2-1-3/h1H;2H. The summed E-state index contributed by atoms with van der Waals surface area (Å²) in [6, 6.07) is 0. The van der Waals surface area contributed by atoms with Gasteiger partial charge in [0.2, 0.25) is 0 Å². The van der Waals surface area contributed by atoms with Gasteiger partial charge in [0.1, 0.15) is 5.02 Å². The molecule has 0 bridgehead atoms. The third-order valence-corrected chi connectivity index (χ3v) is 1.20. The molecule has 0 amide bonds. The van der Waals surface area contributed by atoms with Crippen molar-refractivity contribution in [3.8, 4) is 0 Å². The lowest BCUT2D eigenvalue weighted by atomic mass is 10.7. The second-order valence-corrected chi connectivity index (χ2v) is 2.14. The van der Waals surface area contributed by atoms with Crippen molar-refractivity contribution >= 4 is 40.6 Å². The molecule has 0 aliphatic heterocycles. The number of hydrogen-bond acceptors (Lipinski definition) is 5. The fraction of sp³-hybridized carbons (Fsp3) is 0. The van der Waals surface area contributed by atoms with E-state index in [-0.39, 0.29) is 5.15 Å². The first-order valence-electron chi connectivity index (χ1n) is 2.25. The number of isothiocyanates is 1. The van der Waals surface area contributed by atoms with E-state index < -0.39 is 0 Å². The largest absolute Gasteiger partial charge is 0.248 e. The van der Waals surface area contributed by atoms with Gasteiger partial charge in [0, 0.05) is 0 Å². The van der Waals surface area contributed by atoms with Crippen LogP contribution in [-0.4, -0.2) is 20.6 Å². The molecule has 0 saturated heterocycles. The van der Waals surface area contributed by atoms with Crippen LogP contribution in [0.15, 0.2) is 6.20 Å². The highest BCUT2D eigenvalue weighted by Gasteiger charge is 1.94. The SMILES string of the molecule is Clc1cnnnc1Cl.N=C=S. The van der Waals surface area contributed by atoms with Gasteiger partial charge in [-0.25, -0.2) is 5.41 Å². The predicted octanol–water partition coefficient (Wildman–Crippen LogP) is 1.85. The van der Waals surface area contributed by atoms with Crippen molar-refractivity contribution in [3.05, 3.63) is 16.4 Å². The Kier molecular flexibility index (Phi) is 5.78. The Labute approximate surface area is 78.0 Å². The number of nitrogens with one attached hydrogen (secondary N) is 1. The van der Waals surface area contributed by atoms with Crippen molar-refractivity contribution in [1.29, 1.82) is 5.41 Å². The first kappa shape index (κ1) is 10.4. The van der Waals surface area contributed by atoms with Crippen LogP contribution in [0.2, 0.25) is 10.2 Å². The fourth-order valence-electron chi connectivity index (χ4n) is 0.243. The van der Waals surface area contributed by atoms with E-state index in [9.17, 15) is 0 Å². The van der Waals surface area contributed by atoms with Crippen LogP contribution in [0, 0.1) is 5.41 Å². The quantitative estimate of drug-likeness (QED) is 0.523. The van der Waals surface area contributed by atoms with Gasteiger partial charge >= 0.3 is 0 Å². The molecule has 11 heavy (non-hydrogen) atoms. The zero-order valence-corrected chi connectivity index (χ0v) is 7.41. The van der Waals surface area contributed by atoms with E-state index in [1.54, 1.807) is 5.16 Å². The number of rotatable bonds is 0. The number of hydrogen-bond donors (Lipinski definition) is 1. The van der Waals surface area contributed by atoms with Gasteiger partial charge in [0.25, 0.3) is 0 Å². The molecule has 0 saturated carbocycles. The number of nitrogens with zero attached hydrogens (tertiary/aromatic N) is 3. The molecule has 1 heterocycles. The molecule has 0 aliphatic carbocycles. The molecule has 0 aromatic carbocycles. The number of thiocarbonyl (C=S) groups is 1. The fourth-order valence-corrected chi connectivity index (χ4v) is 0.407. The van der Waals surface area contributed by atoms with Crippen LogP contribution in [0.1, 0.15) is 0 Å². The van der Waals surface area contributed by atoms with Crippen molar-refractivity contribution < 1.29 is 0 Å². The van der Waals surface area contributed by atoms with E-state index in [2.05, 4.69) is 27.6 Å². The second-order valence-electron chi connectivity index (χ2n) is 1.17. The molecule has 0 radical (unpaired) electrons. The van der Waals surface area contributed by atoms with Crippen molar-refractivity contribution in [1.82, 2.24) is 15.4 Å². The second kappa shape index (κ2) is 6.12. The van der Waals surface area contributed by atoms with Gasteiger partial charge < -0.3 is 0 Å². The molecule has 7 heteroatoms. The van der Waals surface area contributed by atoms with Gasteiger partial charge in [0.05, 0.1) is 11.4 Å². The highest BCUT2D eigenvalue weighted by molar-refractivity contribution is 7.78. The minimum Gasteiger partial charge on any atom is -0.248 e. The molecule has 1 N–H and O–H groups in total. The van der Waals surface area contributed by atoms with Crippen LogP contribution < -0.4 is 0 Å². The lowest BCUT2D eigenvalue weighted by molar-refractivity contribution is 0.865. The molecule has 0 unspecified atom stereocenters. The smallest absolute Gasteiger partial charge is 0.173 e. The lowest BCUT2D eigenvalue weighted by Crippen LogP contribution is -1.84. The monoisotopic (exact) mass is 208 g/mol. The summed E-state index contributed by atoms with van der Waals surface area (Å²) in [7, 11) is 0. The Balaban J connectivity index is 0.000000292. The Hall–Kier alpha value is -0.610. The van der Waals surface area contributed by atoms with Crippen molar-refractivity contribution in [2.75, 3.05) is 0 Å². The third kappa shape index (κ3) is 4.75. The van der Waals surface area contributed by atoms with Gasteiger partial charge in [-0.1, -0.05) is 23.2 Å². The molecular weight excluding hydrogens is 207 g/mol. The first-order valence-corrected chi connectivity index (χ1v) is 3.42. The highest BCUT2D eigenvalue weighted by atomic mass is 35.5. The Morgan fingerprint density at radius 1 is 1.55 bits per heavy atom. The lowest BCUT2D eigenvalue weighted by Gasteiger charge is -1.84. The normalized spacial score (nSPS) is 7.45. The van der Waals surface area contributed by atoms with E-state index in [0.717, 1.165) is 0 Å². The van der Waals surface area contributed by atoms with Gasteiger partial charge in [0.15, 0.2) is 5.15 Å². The average Bonchev–Trinajstić information content (AvgIpc) is 1.97. The maximum absolute atomic E-state index is 5.77. The molecule has 0 atom stereocenters. The minimum atomic E-state index is 0.182. The van der Waals surface area contributed by atoms with E-state index in [1.165, 1.54) is 6.20 Å². The molecule has 0 spiro atoms. The molecule has 1 aromatic rings. The summed E-state index contributed by atoms with van der Waals surface area (Å²) in [5.41, 5.74) is 0. The Morgan fingerprint density at radius 3 is 2.36 bits per heavy atom. The predicted molar refractivity (Wildman–Crippen MR) is 45.2 cm³/mol. The van der Waals surface area contributed by atoms with E-state index in [1.807, 2.05) is 0 Å². The summed E-state index contributed by atoms with van der Waals surface area (Å²) in [5, 5.41) is 17.8. The van der Waals surface area contributed by atoms with Crippen molar-refractivity contribution in [2.24, 2.45) is 0 Å². The highest BCUT2D eigenvalue weighted by Crippen LogP contribution is 2.13. The van der Waals surface area contributed by atoms with Crippen molar-refractivity contribution in [2.45, 2.75) is 0 Å². The summed E-state index contributed by atoms with van der Waals surface area (Å²) in [4.78, 5) is 0. The third-order valence-electron chi connectivity index (χ3n) is 0.552. The first-order chi connectivity index (χ1) is 5.22. The molecule has 58 valence electrons. The zero-order valence-electron chi connectivity index (χ0n) is 5.08. The summed E-state index contributed by atoms with van der Waals surface area (Å²) in [6.45, 7) is 0. The van der Waals surface area contributed by atoms with Gasteiger partial charge in [-0.3, -0.25) is 0 Å². The van der Waals surface area contributed by atoms with Crippen LogP contribution in [0.4, 0.5) is 0 Å². The number of halogens is 2.